The van der Waals surface area contributed by atoms with Crippen LogP contribution in [0.4, 0.5) is 0 Å². The Morgan fingerprint density at radius 1 is 0.966 bits per heavy atom. The molecular weight excluding hydrogens is 368 g/mol. The Bertz CT molecular complexity index is 821. The molecule has 29 heavy (non-hydrogen) atoms. The first-order valence-electron chi connectivity index (χ1n) is 10.5. The lowest BCUT2D eigenvalue weighted by atomic mass is 9.79. The molecule has 2 saturated heterocycles. The molecule has 0 amide bonds. The summed E-state index contributed by atoms with van der Waals surface area (Å²) in [6.45, 7) is 6.13. The molecule has 0 radical (unpaired) electrons. The van der Waals surface area contributed by atoms with Crippen molar-refractivity contribution in [3.05, 3.63) is 47.4 Å². The molecule has 6 heteroatoms. The molecule has 0 bridgehead atoms. The molecule has 4 rings (SSSR count). The van der Waals surface area contributed by atoms with Gasteiger partial charge in [0.25, 0.3) is 0 Å². The molecule has 2 aliphatic heterocycles. The Labute approximate surface area is 173 Å². The number of aliphatic hydroxyl groups is 1. The number of methoxy groups -OCH3 is 2. The van der Waals surface area contributed by atoms with Crippen molar-refractivity contribution in [2.45, 2.75) is 39.0 Å². The molecule has 1 aromatic carbocycles. The summed E-state index contributed by atoms with van der Waals surface area (Å²) in [5, 5.41) is 9.20. The molecule has 2 aromatic rings. The van der Waals surface area contributed by atoms with Crippen molar-refractivity contribution in [3.8, 4) is 11.5 Å². The van der Waals surface area contributed by atoms with E-state index in [1.54, 1.807) is 14.2 Å². The fraction of sp³-hybridized carbons (Fsp3) is 0.565. The van der Waals surface area contributed by atoms with Gasteiger partial charge in [-0.2, -0.15) is 0 Å². The Balaban J connectivity index is 1.40. The number of nitrogens with zero attached hydrogens (tertiary/aromatic N) is 2. The van der Waals surface area contributed by atoms with E-state index in [-0.39, 0.29) is 6.61 Å². The number of para-hydroxylation sites is 1. The van der Waals surface area contributed by atoms with Crippen molar-refractivity contribution in [2.24, 2.45) is 5.41 Å². The highest BCUT2D eigenvalue weighted by atomic mass is 16.5. The van der Waals surface area contributed by atoms with Gasteiger partial charge in [-0.1, -0.05) is 12.1 Å². The molecule has 1 atom stereocenters. The molecule has 1 spiro atoms. The molecule has 6 nitrogen and oxygen atoms in total. The molecule has 2 fully saturated rings. The maximum atomic E-state index is 9.20. The summed E-state index contributed by atoms with van der Waals surface area (Å²) < 4.78 is 16.8. The monoisotopic (exact) mass is 400 g/mol. The summed E-state index contributed by atoms with van der Waals surface area (Å²) >= 11 is 0. The first-order chi connectivity index (χ1) is 14.1. The molecule has 2 aliphatic rings. The van der Waals surface area contributed by atoms with Crippen molar-refractivity contribution < 1.29 is 19.0 Å². The zero-order valence-corrected chi connectivity index (χ0v) is 17.5. The summed E-state index contributed by atoms with van der Waals surface area (Å²) in [6.07, 6.45) is 3.75. The normalized spacial score (nSPS) is 23.0. The molecule has 1 aromatic heterocycles. The van der Waals surface area contributed by atoms with Crippen LogP contribution in [-0.2, 0) is 19.7 Å². The second-order valence-electron chi connectivity index (χ2n) is 8.45. The van der Waals surface area contributed by atoms with Gasteiger partial charge in [-0.05, 0) is 56.0 Å². The third kappa shape index (κ3) is 4.44. The lowest BCUT2D eigenvalue weighted by Crippen LogP contribution is -2.44. The highest BCUT2D eigenvalue weighted by Gasteiger charge is 2.41. The van der Waals surface area contributed by atoms with Gasteiger partial charge in [0.1, 0.15) is 18.1 Å². The van der Waals surface area contributed by atoms with E-state index in [4.69, 9.17) is 13.9 Å². The number of likely N-dealkylation sites (tertiary alicyclic amines) is 2. The molecular formula is C23H32N2O4. The fourth-order valence-corrected chi connectivity index (χ4v) is 5.07. The van der Waals surface area contributed by atoms with Crippen LogP contribution in [0.25, 0.3) is 0 Å². The molecule has 0 aliphatic carbocycles. The van der Waals surface area contributed by atoms with Crippen molar-refractivity contribution >= 4 is 0 Å². The average Bonchev–Trinajstić information content (AvgIpc) is 3.35. The molecule has 1 N–H and O–H groups in total. The minimum Gasteiger partial charge on any atom is -0.493 e. The van der Waals surface area contributed by atoms with E-state index in [0.29, 0.717) is 11.2 Å². The van der Waals surface area contributed by atoms with Gasteiger partial charge in [0.2, 0.25) is 0 Å². The lowest BCUT2D eigenvalue weighted by molar-refractivity contribution is 0.0849. The van der Waals surface area contributed by atoms with Gasteiger partial charge < -0.3 is 19.0 Å². The number of aliphatic hydroxyl groups excluding tert-OH is 1. The first-order valence-corrected chi connectivity index (χ1v) is 10.5. The Morgan fingerprint density at radius 3 is 2.48 bits per heavy atom. The van der Waals surface area contributed by atoms with Crippen molar-refractivity contribution in [1.82, 2.24) is 9.80 Å². The summed E-state index contributed by atoms with van der Waals surface area (Å²) in [5.41, 5.74) is 1.54. The predicted octanol–water partition coefficient (Wildman–Crippen LogP) is 3.28. The van der Waals surface area contributed by atoms with Gasteiger partial charge in [-0.3, -0.25) is 9.80 Å². The Hall–Kier alpha value is -2.02. The van der Waals surface area contributed by atoms with Crippen LogP contribution in [0, 0.1) is 5.41 Å². The summed E-state index contributed by atoms with van der Waals surface area (Å²) in [5.74, 6) is 3.23. The maximum absolute atomic E-state index is 9.20. The van der Waals surface area contributed by atoms with Gasteiger partial charge in [0, 0.05) is 25.2 Å². The van der Waals surface area contributed by atoms with Crippen LogP contribution in [0.5, 0.6) is 11.5 Å². The number of rotatable bonds is 7. The summed E-state index contributed by atoms with van der Waals surface area (Å²) in [4.78, 5) is 5.07. The van der Waals surface area contributed by atoms with Crippen LogP contribution in [0.2, 0.25) is 0 Å². The maximum Gasteiger partial charge on any atom is 0.165 e. The van der Waals surface area contributed by atoms with E-state index in [2.05, 4.69) is 15.9 Å². The molecule has 3 heterocycles. The summed E-state index contributed by atoms with van der Waals surface area (Å²) in [6, 6.07) is 9.98. The number of ether oxygens (including phenoxy) is 2. The van der Waals surface area contributed by atoms with Crippen molar-refractivity contribution in [1.29, 1.82) is 0 Å². The number of hydrogen-bond donors (Lipinski definition) is 1. The molecule has 158 valence electrons. The Morgan fingerprint density at radius 2 is 1.76 bits per heavy atom. The SMILES string of the molecule is COc1cccc(CN2CCC[C@@]3(CCN(Cc4ccc(CO)o4)C3)C2)c1OC. The third-order valence-corrected chi connectivity index (χ3v) is 6.39. The van der Waals surface area contributed by atoms with E-state index < -0.39 is 0 Å². The highest BCUT2D eigenvalue weighted by Crippen LogP contribution is 2.41. The highest BCUT2D eigenvalue weighted by molar-refractivity contribution is 5.46. The third-order valence-electron chi connectivity index (χ3n) is 6.39. The minimum atomic E-state index is -0.0351. The van der Waals surface area contributed by atoms with E-state index in [9.17, 15) is 5.11 Å². The van der Waals surface area contributed by atoms with E-state index in [0.717, 1.165) is 56.5 Å². The lowest BCUT2D eigenvalue weighted by Gasteiger charge is -2.40. The topological polar surface area (TPSA) is 58.3 Å². The van der Waals surface area contributed by atoms with Gasteiger partial charge >= 0.3 is 0 Å². The van der Waals surface area contributed by atoms with Gasteiger partial charge in [-0.25, -0.2) is 0 Å². The van der Waals surface area contributed by atoms with Crippen LogP contribution in [0.15, 0.2) is 34.7 Å². The molecule has 0 saturated carbocycles. The number of hydrogen-bond acceptors (Lipinski definition) is 6. The predicted molar refractivity (Wildman–Crippen MR) is 111 cm³/mol. The second-order valence-corrected chi connectivity index (χ2v) is 8.45. The smallest absolute Gasteiger partial charge is 0.165 e. The van der Waals surface area contributed by atoms with Crippen LogP contribution in [-0.4, -0.2) is 55.3 Å². The van der Waals surface area contributed by atoms with Crippen molar-refractivity contribution in [2.75, 3.05) is 40.4 Å². The van der Waals surface area contributed by atoms with Crippen molar-refractivity contribution in [3.63, 3.8) is 0 Å². The zero-order chi connectivity index (χ0) is 20.3. The van der Waals surface area contributed by atoms with E-state index in [1.807, 2.05) is 24.3 Å². The number of benzene rings is 1. The van der Waals surface area contributed by atoms with Gasteiger partial charge in [0.05, 0.1) is 20.8 Å². The van der Waals surface area contributed by atoms with Crippen LogP contribution < -0.4 is 9.47 Å². The van der Waals surface area contributed by atoms with E-state index >= 15 is 0 Å². The number of piperidine rings is 1. The quantitative estimate of drug-likeness (QED) is 0.770. The van der Waals surface area contributed by atoms with Crippen LogP contribution >= 0.6 is 0 Å². The Kier molecular flexibility index (Phi) is 6.13. The van der Waals surface area contributed by atoms with Crippen LogP contribution in [0.3, 0.4) is 0 Å². The van der Waals surface area contributed by atoms with E-state index in [1.165, 1.54) is 24.8 Å². The standard InChI is InChI=1S/C23H32N2O4/c1-27-21-6-3-5-18(22(21)28-2)13-24-11-4-9-23(16-24)10-12-25(17-23)14-19-7-8-20(15-26)29-19/h3,5-8,26H,4,9-17H2,1-2H3/t23-/m1/s1. The number of furan rings is 1. The largest absolute Gasteiger partial charge is 0.493 e. The molecule has 0 unspecified atom stereocenters. The van der Waals surface area contributed by atoms with Gasteiger partial charge in [-0.15, -0.1) is 0 Å². The second kappa shape index (κ2) is 8.78. The first kappa shape index (κ1) is 20.3. The van der Waals surface area contributed by atoms with Crippen LogP contribution in [0.1, 0.15) is 36.3 Å². The summed E-state index contributed by atoms with van der Waals surface area (Å²) in [7, 11) is 3.40. The van der Waals surface area contributed by atoms with Gasteiger partial charge in [0.15, 0.2) is 11.5 Å². The minimum absolute atomic E-state index is 0.0351. The average molecular weight is 401 g/mol. The zero-order valence-electron chi connectivity index (χ0n) is 17.5. The fourth-order valence-electron chi connectivity index (χ4n) is 5.07.